The molecule has 0 saturated heterocycles. The smallest absolute Gasteiger partial charge is 0.339 e. The first-order valence-electron chi connectivity index (χ1n) is 4.53. The lowest BCUT2D eigenvalue weighted by atomic mass is 10.2. The van der Waals surface area contributed by atoms with Crippen molar-refractivity contribution in [3.63, 3.8) is 0 Å². The summed E-state index contributed by atoms with van der Waals surface area (Å²) >= 11 is 1.37. The molecule has 1 rings (SSSR count). The van der Waals surface area contributed by atoms with E-state index >= 15 is 0 Å². The van der Waals surface area contributed by atoms with Gasteiger partial charge in [-0.2, -0.15) is 0 Å². The Balaban J connectivity index is 3.15. The van der Waals surface area contributed by atoms with E-state index < -0.39 is 5.97 Å². The Labute approximate surface area is 98.2 Å². The summed E-state index contributed by atoms with van der Waals surface area (Å²) in [5, 5.41) is 9.52. The van der Waals surface area contributed by atoms with Crippen molar-refractivity contribution in [3.05, 3.63) is 23.7 Å². The SMILES string of the molecule is CSc1ncc(C(=O)O)c(C=CN(C)C)n1. The van der Waals surface area contributed by atoms with Gasteiger partial charge in [0.15, 0.2) is 5.16 Å². The van der Waals surface area contributed by atoms with Crippen molar-refractivity contribution < 1.29 is 9.90 Å². The van der Waals surface area contributed by atoms with Gasteiger partial charge in [-0.3, -0.25) is 0 Å². The minimum Gasteiger partial charge on any atom is -0.478 e. The molecule has 5 nitrogen and oxygen atoms in total. The average Bonchev–Trinajstić information content (AvgIpc) is 2.25. The van der Waals surface area contributed by atoms with E-state index in [-0.39, 0.29) is 5.56 Å². The lowest BCUT2D eigenvalue weighted by Gasteiger charge is -2.05. The summed E-state index contributed by atoms with van der Waals surface area (Å²) in [4.78, 5) is 20.8. The van der Waals surface area contributed by atoms with Crippen molar-refractivity contribution in [2.45, 2.75) is 5.16 Å². The molecule has 1 N–H and O–H groups in total. The fourth-order valence-corrected chi connectivity index (χ4v) is 1.34. The standard InChI is InChI=1S/C10H13N3O2S/c1-13(2)5-4-8-7(9(14)15)6-11-10(12-8)16-3/h4-6H,1-3H3,(H,14,15). The number of hydrogen-bond acceptors (Lipinski definition) is 5. The van der Waals surface area contributed by atoms with Crippen molar-refractivity contribution in [1.29, 1.82) is 0 Å². The van der Waals surface area contributed by atoms with Gasteiger partial charge in [-0.05, 0) is 12.3 Å². The van der Waals surface area contributed by atoms with Crippen LogP contribution in [-0.2, 0) is 0 Å². The van der Waals surface area contributed by atoms with Crippen LogP contribution in [0, 0.1) is 0 Å². The number of carboxylic acid groups (broad SMARTS) is 1. The zero-order chi connectivity index (χ0) is 12.1. The van der Waals surface area contributed by atoms with E-state index in [0.29, 0.717) is 10.9 Å². The molecule has 86 valence electrons. The van der Waals surface area contributed by atoms with E-state index in [9.17, 15) is 4.79 Å². The highest BCUT2D eigenvalue weighted by Crippen LogP contribution is 2.13. The summed E-state index contributed by atoms with van der Waals surface area (Å²) in [5.74, 6) is -1.02. The number of nitrogens with zero attached hydrogens (tertiary/aromatic N) is 3. The van der Waals surface area contributed by atoms with Gasteiger partial charge in [0, 0.05) is 26.5 Å². The zero-order valence-corrected chi connectivity index (χ0v) is 10.2. The van der Waals surface area contributed by atoms with E-state index in [0.717, 1.165) is 0 Å². The summed E-state index contributed by atoms with van der Waals surface area (Å²) in [5.41, 5.74) is 0.524. The van der Waals surface area contributed by atoms with Crippen molar-refractivity contribution in [3.8, 4) is 0 Å². The molecular formula is C10H13N3O2S. The molecule has 0 radical (unpaired) electrons. The molecule has 16 heavy (non-hydrogen) atoms. The zero-order valence-electron chi connectivity index (χ0n) is 9.34. The molecule has 0 aliphatic rings. The number of carbonyl (C=O) groups is 1. The van der Waals surface area contributed by atoms with E-state index in [1.54, 1.807) is 12.3 Å². The maximum Gasteiger partial charge on any atom is 0.339 e. The van der Waals surface area contributed by atoms with E-state index in [4.69, 9.17) is 5.11 Å². The molecule has 1 aromatic heterocycles. The molecule has 0 fully saturated rings. The van der Waals surface area contributed by atoms with Crippen molar-refractivity contribution in [1.82, 2.24) is 14.9 Å². The van der Waals surface area contributed by atoms with Crippen LogP contribution in [-0.4, -0.2) is 46.3 Å². The van der Waals surface area contributed by atoms with Gasteiger partial charge in [-0.15, -0.1) is 0 Å². The van der Waals surface area contributed by atoms with Crippen LogP contribution in [0.3, 0.4) is 0 Å². The molecule has 0 aliphatic carbocycles. The maximum atomic E-state index is 10.9. The normalized spacial score (nSPS) is 10.7. The molecular weight excluding hydrogens is 226 g/mol. The quantitative estimate of drug-likeness (QED) is 0.633. The molecule has 0 atom stereocenters. The molecule has 0 saturated carbocycles. The third-order valence-electron chi connectivity index (χ3n) is 1.74. The van der Waals surface area contributed by atoms with E-state index in [1.165, 1.54) is 18.0 Å². The first-order chi connectivity index (χ1) is 7.54. The van der Waals surface area contributed by atoms with Gasteiger partial charge in [0.1, 0.15) is 5.56 Å². The molecule has 1 heterocycles. The molecule has 6 heteroatoms. The molecule has 0 unspecified atom stereocenters. The number of aromatic nitrogens is 2. The lowest BCUT2D eigenvalue weighted by molar-refractivity contribution is 0.0695. The number of carboxylic acids is 1. The molecule has 0 aliphatic heterocycles. The van der Waals surface area contributed by atoms with Gasteiger partial charge in [-0.25, -0.2) is 14.8 Å². The van der Waals surface area contributed by atoms with Gasteiger partial charge >= 0.3 is 5.97 Å². The summed E-state index contributed by atoms with van der Waals surface area (Å²) in [6.45, 7) is 0. The van der Waals surface area contributed by atoms with Crippen LogP contribution >= 0.6 is 11.8 Å². The summed E-state index contributed by atoms with van der Waals surface area (Å²) < 4.78 is 0. The number of aromatic carboxylic acids is 1. The Hall–Kier alpha value is -1.56. The highest BCUT2D eigenvalue weighted by molar-refractivity contribution is 7.98. The van der Waals surface area contributed by atoms with Crippen molar-refractivity contribution in [2.75, 3.05) is 20.4 Å². The fraction of sp³-hybridized carbons (Fsp3) is 0.300. The lowest BCUT2D eigenvalue weighted by Crippen LogP contribution is -2.05. The Morgan fingerprint density at radius 2 is 2.25 bits per heavy atom. The fourth-order valence-electron chi connectivity index (χ4n) is 0.988. The maximum absolute atomic E-state index is 10.9. The van der Waals surface area contributed by atoms with Crippen molar-refractivity contribution in [2.24, 2.45) is 0 Å². The second-order valence-corrected chi connectivity index (χ2v) is 4.01. The van der Waals surface area contributed by atoms with Crippen LogP contribution in [0.4, 0.5) is 0 Å². The number of thioether (sulfide) groups is 1. The Morgan fingerprint density at radius 3 is 2.75 bits per heavy atom. The van der Waals surface area contributed by atoms with E-state index in [2.05, 4.69) is 9.97 Å². The molecule has 0 aromatic carbocycles. The summed E-state index contributed by atoms with van der Waals surface area (Å²) in [6, 6.07) is 0. The van der Waals surface area contributed by atoms with Crippen LogP contribution < -0.4 is 0 Å². The predicted molar refractivity (Wildman–Crippen MR) is 63.5 cm³/mol. The number of hydrogen-bond donors (Lipinski definition) is 1. The minimum atomic E-state index is -1.02. The van der Waals surface area contributed by atoms with Gasteiger partial charge in [-0.1, -0.05) is 11.8 Å². The number of rotatable bonds is 4. The summed E-state index contributed by atoms with van der Waals surface area (Å²) in [7, 11) is 3.71. The average molecular weight is 239 g/mol. The Bertz CT molecular complexity index is 419. The van der Waals surface area contributed by atoms with Gasteiger partial charge in [0.25, 0.3) is 0 Å². The van der Waals surface area contributed by atoms with E-state index in [1.807, 2.05) is 25.3 Å². The Kier molecular flexibility index (Phi) is 4.30. The summed E-state index contributed by atoms with van der Waals surface area (Å²) in [6.07, 6.45) is 6.58. The second kappa shape index (κ2) is 5.50. The Morgan fingerprint density at radius 1 is 1.56 bits per heavy atom. The van der Waals surface area contributed by atoms with Gasteiger partial charge in [0.2, 0.25) is 0 Å². The molecule has 0 spiro atoms. The first-order valence-corrected chi connectivity index (χ1v) is 5.76. The van der Waals surface area contributed by atoms with Gasteiger partial charge < -0.3 is 10.0 Å². The van der Waals surface area contributed by atoms with Gasteiger partial charge in [0.05, 0.1) is 5.69 Å². The molecule has 0 amide bonds. The topological polar surface area (TPSA) is 66.3 Å². The van der Waals surface area contributed by atoms with Crippen LogP contribution in [0.15, 0.2) is 17.6 Å². The largest absolute Gasteiger partial charge is 0.478 e. The van der Waals surface area contributed by atoms with Crippen LogP contribution in [0.25, 0.3) is 6.08 Å². The highest BCUT2D eigenvalue weighted by atomic mass is 32.2. The predicted octanol–water partition coefficient (Wildman–Crippen LogP) is 1.43. The highest BCUT2D eigenvalue weighted by Gasteiger charge is 2.11. The molecule has 1 aromatic rings. The monoisotopic (exact) mass is 239 g/mol. The van der Waals surface area contributed by atoms with Crippen LogP contribution in [0.2, 0.25) is 0 Å². The van der Waals surface area contributed by atoms with Crippen LogP contribution in [0.5, 0.6) is 0 Å². The van der Waals surface area contributed by atoms with Crippen molar-refractivity contribution >= 4 is 23.8 Å². The second-order valence-electron chi connectivity index (χ2n) is 3.24. The van der Waals surface area contributed by atoms with Crippen LogP contribution in [0.1, 0.15) is 16.1 Å². The third-order valence-corrected chi connectivity index (χ3v) is 2.30. The molecule has 0 bridgehead atoms. The third kappa shape index (κ3) is 3.23. The minimum absolute atomic E-state index is 0.107. The first kappa shape index (κ1) is 12.5.